The Balaban J connectivity index is 1.18. The fourth-order valence-electron chi connectivity index (χ4n) is 7.54. The molecule has 0 unspecified atom stereocenters. The lowest BCUT2D eigenvalue weighted by molar-refractivity contribution is 1.29. The minimum absolute atomic E-state index is 0.844. The third-order valence-corrected chi connectivity index (χ3v) is 9.85. The van der Waals surface area contributed by atoms with Crippen LogP contribution in [0.4, 0.5) is 0 Å². The lowest BCUT2D eigenvalue weighted by Crippen LogP contribution is -1.96. The molecule has 0 atom stereocenters. The van der Waals surface area contributed by atoms with E-state index in [1.54, 1.807) is 0 Å². The molecule has 3 aromatic heterocycles. The monoisotopic (exact) mass is 635 g/mol. The maximum Gasteiger partial charge on any atom is 0.0965 e. The predicted octanol–water partition coefficient (Wildman–Crippen LogP) is 12.3. The number of benzene rings is 7. The van der Waals surface area contributed by atoms with E-state index in [1.165, 1.54) is 21.5 Å². The summed E-state index contributed by atoms with van der Waals surface area (Å²) in [4.78, 5) is 15.9. The molecule has 0 aliphatic heterocycles. The second kappa shape index (κ2) is 11.5. The number of rotatable bonds is 4. The zero-order chi connectivity index (χ0) is 33.0. The number of nitrogens with zero attached hydrogens (tertiary/aromatic N) is 3. The summed E-state index contributed by atoms with van der Waals surface area (Å²) < 4.78 is 0. The second-order valence-electron chi connectivity index (χ2n) is 12.8. The highest BCUT2D eigenvalue weighted by molar-refractivity contribution is 6.13. The average molecular weight is 636 g/mol. The maximum atomic E-state index is 5.38. The second-order valence-corrected chi connectivity index (χ2v) is 12.8. The summed E-state index contributed by atoms with van der Waals surface area (Å²) in [5.74, 6) is 0. The molecule has 50 heavy (non-hydrogen) atoms. The fraction of sp³-hybridized carbons (Fsp3) is 0. The normalized spacial score (nSPS) is 11.6. The SMILES string of the molecule is c1ccc(-c2c3ccccc3cc3ccc(-c4cnc(-c5ccc6cc7ccccc7c(-c7ccccc7)c6n5)c5ccccc45)nc23)cc1. The van der Waals surface area contributed by atoms with Crippen molar-refractivity contribution < 1.29 is 0 Å². The van der Waals surface area contributed by atoms with Gasteiger partial charge < -0.3 is 0 Å². The van der Waals surface area contributed by atoms with Crippen LogP contribution in [0.1, 0.15) is 0 Å². The van der Waals surface area contributed by atoms with Crippen molar-refractivity contribution in [2.45, 2.75) is 0 Å². The number of hydrogen-bond acceptors (Lipinski definition) is 3. The molecule has 0 spiro atoms. The van der Waals surface area contributed by atoms with Gasteiger partial charge in [0.25, 0.3) is 0 Å². The minimum Gasteiger partial charge on any atom is -0.253 e. The van der Waals surface area contributed by atoms with Gasteiger partial charge in [0.15, 0.2) is 0 Å². The molecule has 10 aromatic rings. The van der Waals surface area contributed by atoms with Gasteiger partial charge in [0, 0.05) is 39.0 Å². The van der Waals surface area contributed by atoms with Gasteiger partial charge in [-0.15, -0.1) is 0 Å². The Hall–Kier alpha value is -6.71. The van der Waals surface area contributed by atoms with E-state index in [4.69, 9.17) is 15.0 Å². The number of pyridine rings is 3. The Kier molecular flexibility index (Phi) is 6.49. The van der Waals surface area contributed by atoms with Crippen molar-refractivity contribution in [2.24, 2.45) is 0 Å². The van der Waals surface area contributed by atoms with Crippen molar-refractivity contribution in [2.75, 3.05) is 0 Å². The standard InChI is InChI=1S/C47H29N3/c1-3-13-30(14-4-1)43-36-19-9-7-17-32(36)27-34-23-25-41(49-45(34)43)40-29-48-47(39-22-12-11-21-38(39)40)42-26-24-35-28-33-18-8-10-20-37(33)44(46(35)50-42)31-15-5-2-6-16-31/h1-29H. The van der Waals surface area contributed by atoms with E-state index >= 15 is 0 Å². The molecule has 0 aliphatic carbocycles. The van der Waals surface area contributed by atoms with Gasteiger partial charge in [-0.1, -0.05) is 146 Å². The van der Waals surface area contributed by atoms with Crippen molar-refractivity contribution >= 4 is 54.1 Å². The molecule has 0 fully saturated rings. The maximum absolute atomic E-state index is 5.38. The molecule has 3 nitrogen and oxygen atoms in total. The van der Waals surface area contributed by atoms with Gasteiger partial charge in [-0.05, 0) is 62.3 Å². The molecular weight excluding hydrogens is 607 g/mol. The lowest BCUT2D eigenvalue weighted by Gasteiger charge is -2.15. The van der Waals surface area contributed by atoms with E-state index in [0.717, 1.165) is 77.5 Å². The summed E-state index contributed by atoms with van der Waals surface area (Å²) in [5.41, 5.74) is 10.1. The van der Waals surface area contributed by atoms with Crippen molar-refractivity contribution in [3.63, 3.8) is 0 Å². The van der Waals surface area contributed by atoms with Crippen LogP contribution in [0.25, 0.3) is 99.0 Å². The molecule has 0 aliphatic rings. The van der Waals surface area contributed by atoms with Gasteiger partial charge in [0.2, 0.25) is 0 Å². The van der Waals surface area contributed by atoms with E-state index in [9.17, 15) is 0 Å². The molecular formula is C47H29N3. The summed E-state index contributed by atoms with van der Waals surface area (Å²) in [5, 5.41) is 9.14. The topological polar surface area (TPSA) is 38.7 Å². The fourth-order valence-corrected chi connectivity index (χ4v) is 7.54. The Morgan fingerprint density at radius 3 is 1.38 bits per heavy atom. The van der Waals surface area contributed by atoms with E-state index in [-0.39, 0.29) is 0 Å². The van der Waals surface area contributed by atoms with E-state index in [0.29, 0.717) is 0 Å². The van der Waals surface area contributed by atoms with Crippen LogP contribution in [0.3, 0.4) is 0 Å². The Morgan fingerprint density at radius 1 is 0.340 bits per heavy atom. The molecule has 0 bridgehead atoms. The highest BCUT2D eigenvalue weighted by atomic mass is 14.8. The molecule has 0 saturated carbocycles. The minimum atomic E-state index is 0.844. The molecule has 0 amide bonds. The molecule has 232 valence electrons. The summed E-state index contributed by atoms with van der Waals surface area (Å²) in [6, 6.07) is 59.9. The Morgan fingerprint density at radius 2 is 0.800 bits per heavy atom. The highest BCUT2D eigenvalue weighted by Gasteiger charge is 2.18. The van der Waals surface area contributed by atoms with Gasteiger partial charge in [0.05, 0.1) is 28.1 Å². The quantitative estimate of drug-likeness (QED) is 0.181. The highest BCUT2D eigenvalue weighted by Crippen LogP contribution is 2.40. The molecule has 7 aromatic carbocycles. The Labute approximate surface area is 289 Å². The van der Waals surface area contributed by atoms with Gasteiger partial charge >= 0.3 is 0 Å². The molecule has 0 saturated heterocycles. The van der Waals surface area contributed by atoms with Crippen LogP contribution in [-0.4, -0.2) is 15.0 Å². The summed E-state index contributed by atoms with van der Waals surface area (Å²) >= 11 is 0. The zero-order valence-corrected chi connectivity index (χ0v) is 27.1. The average Bonchev–Trinajstić information content (AvgIpc) is 3.19. The number of hydrogen-bond donors (Lipinski definition) is 0. The van der Waals surface area contributed by atoms with E-state index in [2.05, 4.69) is 170 Å². The molecule has 10 rings (SSSR count). The van der Waals surface area contributed by atoms with Crippen molar-refractivity contribution in [1.29, 1.82) is 0 Å². The van der Waals surface area contributed by atoms with Crippen molar-refractivity contribution in [1.82, 2.24) is 15.0 Å². The van der Waals surface area contributed by atoms with Crippen LogP contribution < -0.4 is 0 Å². The summed E-state index contributed by atoms with van der Waals surface area (Å²) in [6.45, 7) is 0. The Bertz CT molecular complexity index is 2710. The number of aromatic nitrogens is 3. The molecule has 0 radical (unpaired) electrons. The smallest absolute Gasteiger partial charge is 0.0965 e. The molecule has 3 heterocycles. The third kappa shape index (κ3) is 4.56. The molecule has 0 N–H and O–H groups in total. The van der Waals surface area contributed by atoms with Gasteiger partial charge in [-0.3, -0.25) is 4.98 Å². The zero-order valence-electron chi connectivity index (χ0n) is 27.1. The van der Waals surface area contributed by atoms with Gasteiger partial charge in [0.1, 0.15) is 0 Å². The van der Waals surface area contributed by atoms with Crippen LogP contribution in [0.15, 0.2) is 176 Å². The first-order valence-electron chi connectivity index (χ1n) is 16.9. The van der Waals surface area contributed by atoms with Crippen LogP contribution >= 0.6 is 0 Å². The largest absolute Gasteiger partial charge is 0.253 e. The van der Waals surface area contributed by atoms with E-state index < -0.39 is 0 Å². The summed E-state index contributed by atoms with van der Waals surface area (Å²) in [6.07, 6.45) is 1.97. The molecule has 3 heteroatoms. The summed E-state index contributed by atoms with van der Waals surface area (Å²) in [7, 11) is 0. The van der Waals surface area contributed by atoms with Crippen molar-refractivity contribution in [3.8, 4) is 44.9 Å². The lowest BCUT2D eigenvalue weighted by atomic mass is 9.93. The van der Waals surface area contributed by atoms with Crippen LogP contribution in [0.2, 0.25) is 0 Å². The van der Waals surface area contributed by atoms with Crippen LogP contribution in [0, 0.1) is 0 Å². The van der Waals surface area contributed by atoms with Gasteiger partial charge in [-0.25, -0.2) is 9.97 Å². The van der Waals surface area contributed by atoms with Gasteiger partial charge in [-0.2, -0.15) is 0 Å². The predicted molar refractivity (Wildman–Crippen MR) is 209 cm³/mol. The first kappa shape index (κ1) is 28.3. The van der Waals surface area contributed by atoms with Crippen molar-refractivity contribution in [3.05, 3.63) is 176 Å². The van der Waals surface area contributed by atoms with Crippen LogP contribution in [0.5, 0.6) is 0 Å². The first-order chi connectivity index (χ1) is 24.8. The van der Waals surface area contributed by atoms with Crippen LogP contribution in [-0.2, 0) is 0 Å². The van der Waals surface area contributed by atoms with E-state index in [1.807, 2.05) is 6.20 Å². The third-order valence-electron chi connectivity index (χ3n) is 9.85. The number of fused-ring (bicyclic) bond motifs is 5. The first-order valence-corrected chi connectivity index (χ1v) is 16.9.